The first-order chi connectivity index (χ1) is 27.0. The van der Waals surface area contributed by atoms with Gasteiger partial charge in [-0.3, -0.25) is 13.8 Å². The van der Waals surface area contributed by atoms with Gasteiger partial charge in [0.15, 0.2) is 0 Å². The van der Waals surface area contributed by atoms with Crippen LogP contribution in [0.2, 0.25) is 0 Å². The lowest BCUT2D eigenvalue weighted by molar-refractivity contribution is -0.220. The maximum absolute atomic E-state index is 12.8. The molecule has 1 aliphatic rings. The van der Waals surface area contributed by atoms with Crippen LogP contribution in [-0.4, -0.2) is 98.9 Å². The lowest BCUT2D eigenvalue weighted by Gasteiger charge is -2.41. The van der Waals surface area contributed by atoms with E-state index < -0.39 is 63.1 Å². The summed E-state index contributed by atoms with van der Waals surface area (Å²) >= 11 is 0. The topological polar surface area (TPSA) is 192 Å². The number of aliphatic hydroxyl groups excluding tert-OH is 5. The zero-order chi connectivity index (χ0) is 41.3. The maximum atomic E-state index is 12.8. The number of phosphoric acid groups is 1. The summed E-state index contributed by atoms with van der Waals surface area (Å²) in [6.07, 6.45) is 24.4. The summed E-state index contributed by atoms with van der Waals surface area (Å²) in [7, 11) is -5.01. The molecule has 6 unspecified atom stereocenters. The Morgan fingerprint density at radius 2 is 0.946 bits per heavy atom. The van der Waals surface area contributed by atoms with Gasteiger partial charge in [0.25, 0.3) is 0 Å². The van der Waals surface area contributed by atoms with Crippen molar-refractivity contribution in [1.82, 2.24) is 0 Å². The van der Waals surface area contributed by atoms with Gasteiger partial charge in [-0.2, -0.15) is 0 Å². The first-order valence-corrected chi connectivity index (χ1v) is 24.0. The summed E-state index contributed by atoms with van der Waals surface area (Å²) < 4.78 is 34.1. The van der Waals surface area contributed by atoms with Gasteiger partial charge in [-0.05, 0) is 38.5 Å². The van der Waals surface area contributed by atoms with E-state index in [2.05, 4.69) is 26.0 Å². The van der Waals surface area contributed by atoms with Gasteiger partial charge in [-0.15, -0.1) is 0 Å². The summed E-state index contributed by atoms with van der Waals surface area (Å²) in [6.45, 7) is 4.23. The van der Waals surface area contributed by atoms with Crippen molar-refractivity contribution in [3.05, 3.63) is 12.2 Å². The average Bonchev–Trinajstić information content (AvgIpc) is 3.18. The van der Waals surface area contributed by atoms with E-state index >= 15 is 0 Å². The van der Waals surface area contributed by atoms with Gasteiger partial charge in [0.2, 0.25) is 0 Å². The van der Waals surface area contributed by atoms with Crippen molar-refractivity contribution in [1.29, 1.82) is 0 Å². The van der Waals surface area contributed by atoms with Gasteiger partial charge in [-0.1, -0.05) is 161 Å². The summed E-state index contributed by atoms with van der Waals surface area (Å²) in [5, 5.41) is 50.0. The third-order valence-corrected chi connectivity index (χ3v) is 11.6. The van der Waals surface area contributed by atoms with Crippen LogP contribution < -0.4 is 0 Å². The van der Waals surface area contributed by atoms with Crippen molar-refractivity contribution < 1.29 is 58.3 Å². The molecule has 12 nitrogen and oxygen atoms in total. The fourth-order valence-electron chi connectivity index (χ4n) is 7.00. The third kappa shape index (κ3) is 27.0. The minimum atomic E-state index is -5.01. The van der Waals surface area contributed by atoms with E-state index in [1.165, 1.54) is 128 Å². The highest BCUT2D eigenvalue weighted by atomic mass is 31.2. The Kier molecular flexibility index (Phi) is 33.1. The number of carbonyl (C=O) groups is 1. The van der Waals surface area contributed by atoms with E-state index in [4.69, 9.17) is 18.5 Å². The van der Waals surface area contributed by atoms with Crippen LogP contribution in [0.15, 0.2) is 12.2 Å². The number of carbonyl (C=O) groups excluding carboxylic acids is 1. The van der Waals surface area contributed by atoms with Gasteiger partial charge in [0.1, 0.15) is 42.7 Å². The lowest BCUT2D eigenvalue weighted by Crippen LogP contribution is -2.64. The fraction of sp³-hybridized carbons (Fsp3) is 0.930. The number of unbranched alkanes of at least 4 members (excludes halogenated alkanes) is 24. The molecule has 0 aromatic heterocycles. The number of phosphoric ester groups is 1. The Morgan fingerprint density at radius 1 is 0.554 bits per heavy atom. The van der Waals surface area contributed by atoms with Crippen LogP contribution in [0.5, 0.6) is 0 Å². The average molecular weight is 823 g/mol. The number of esters is 1. The largest absolute Gasteiger partial charge is 0.472 e. The van der Waals surface area contributed by atoms with Crippen LogP contribution in [0.25, 0.3) is 0 Å². The predicted octanol–water partition coefficient (Wildman–Crippen LogP) is 8.75. The highest BCUT2D eigenvalue weighted by Crippen LogP contribution is 2.47. The number of ether oxygens (including phenoxy) is 2. The van der Waals surface area contributed by atoms with Crippen LogP contribution in [0.4, 0.5) is 0 Å². The number of aliphatic hydroxyl groups is 5. The molecule has 0 spiro atoms. The Labute approximate surface area is 339 Å². The molecule has 6 N–H and O–H groups in total. The van der Waals surface area contributed by atoms with Crippen LogP contribution in [-0.2, 0) is 27.9 Å². The number of hydrogen-bond acceptors (Lipinski definition) is 11. The molecule has 1 fully saturated rings. The zero-order valence-electron chi connectivity index (χ0n) is 35.2. The van der Waals surface area contributed by atoms with Crippen molar-refractivity contribution in [2.24, 2.45) is 0 Å². The normalized spacial score (nSPS) is 23.1. The minimum absolute atomic E-state index is 0.0727. The van der Waals surface area contributed by atoms with Crippen LogP contribution >= 0.6 is 7.82 Å². The first kappa shape index (κ1) is 53.1. The summed E-state index contributed by atoms with van der Waals surface area (Å²) in [5.41, 5.74) is 0. The molecule has 6 atom stereocenters. The molecule has 0 aromatic rings. The molecule has 0 radical (unpaired) electrons. The monoisotopic (exact) mass is 823 g/mol. The molecule has 56 heavy (non-hydrogen) atoms. The molecule has 0 aromatic carbocycles. The molecule has 0 saturated heterocycles. The number of allylic oxidation sites excluding steroid dienone is 2. The summed E-state index contributed by atoms with van der Waals surface area (Å²) in [5.74, 6) is -0.479. The van der Waals surface area contributed by atoms with Gasteiger partial charge in [0, 0.05) is 13.0 Å². The number of rotatable bonds is 38. The second kappa shape index (κ2) is 34.9. The molecule has 1 rings (SSSR count). The molecular formula is C43H83O12P. The highest BCUT2D eigenvalue weighted by Gasteiger charge is 2.51. The van der Waals surface area contributed by atoms with E-state index in [0.717, 1.165) is 38.5 Å². The number of hydrogen-bond donors (Lipinski definition) is 6. The summed E-state index contributed by atoms with van der Waals surface area (Å²) in [6, 6.07) is 0. The smallest absolute Gasteiger partial charge is 0.457 e. The van der Waals surface area contributed by atoms with Gasteiger partial charge in [-0.25, -0.2) is 4.57 Å². The second-order valence-electron chi connectivity index (χ2n) is 15.9. The molecule has 1 aliphatic carbocycles. The molecule has 13 heteroatoms. The highest BCUT2D eigenvalue weighted by molar-refractivity contribution is 7.47. The van der Waals surface area contributed by atoms with Crippen molar-refractivity contribution in [3.8, 4) is 0 Å². The SMILES string of the molecule is CCCCCCCC/C=C\CCCCCCCCCCCCOCC(COP(=O)(O)OC1C(O)C(O)C(O)C(O)C1O)OC(=O)CCCCCCCCCCC. The second-order valence-corrected chi connectivity index (χ2v) is 17.3. The van der Waals surface area contributed by atoms with E-state index in [1.807, 2.05) is 0 Å². The summed E-state index contributed by atoms with van der Waals surface area (Å²) in [4.78, 5) is 23.0. The minimum Gasteiger partial charge on any atom is -0.457 e. The van der Waals surface area contributed by atoms with E-state index in [1.54, 1.807) is 0 Å². The van der Waals surface area contributed by atoms with Gasteiger partial charge in [0.05, 0.1) is 13.2 Å². The van der Waals surface area contributed by atoms with Gasteiger partial charge >= 0.3 is 13.8 Å². The molecule has 0 bridgehead atoms. The van der Waals surface area contributed by atoms with Crippen LogP contribution in [0.3, 0.4) is 0 Å². The van der Waals surface area contributed by atoms with Crippen LogP contribution in [0.1, 0.15) is 194 Å². The fourth-order valence-corrected chi connectivity index (χ4v) is 7.97. The Morgan fingerprint density at radius 3 is 1.41 bits per heavy atom. The standard InChI is InChI=1S/C43H83O12P/c1-3-5-7-9-11-13-14-15-16-17-18-19-20-21-22-23-25-27-29-31-33-52-34-36(54-37(44)32-30-28-26-24-12-10-8-6-4-2)35-53-56(50,51)55-43-41(48)39(46)38(45)40(47)42(43)49/h15-16,36,38-43,45-49H,3-14,17-35H2,1-2H3,(H,50,51)/b16-15-. The third-order valence-electron chi connectivity index (χ3n) is 10.6. The molecule has 1 saturated carbocycles. The molecule has 0 amide bonds. The Hall–Kier alpha value is -0.920. The van der Waals surface area contributed by atoms with Crippen molar-refractivity contribution in [3.63, 3.8) is 0 Å². The van der Waals surface area contributed by atoms with Crippen molar-refractivity contribution in [2.75, 3.05) is 19.8 Å². The van der Waals surface area contributed by atoms with Crippen molar-refractivity contribution >= 4 is 13.8 Å². The Balaban J connectivity index is 2.33. The quantitative estimate of drug-likeness (QED) is 0.0150. The van der Waals surface area contributed by atoms with E-state index in [0.29, 0.717) is 13.0 Å². The van der Waals surface area contributed by atoms with Crippen molar-refractivity contribution in [2.45, 2.75) is 236 Å². The molecule has 0 heterocycles. The zero-order valence-corrected chi connectivity index (χ0v) is 36.1. The maximum Gasteiger partial charge on any atom is 0.472 e. The van der Waals surface area contributed by atoms with Gasteiger partial charge < -0.3 is 39.9 Å². The van der Waals surface area contributed by atoms with E-state index in [-0.39, 0.29) is 13.0 Å². The Bertz CT molecular complexity index is 984. The van der Waals surface area contributed by atoms with Crippen LogP contribution in [0, 0.1) is 0 Å². The molecule has 0 aliphatic heterocycles. The molecular weight excluding hydrogens is 739 g/mol. The predicted molar refractivity (Wildman–Crippen MR) is 221 cm³/mol. The molecule has 332 valence electrons. The lowest BCUT2D eigenvalue weighted by atomic mass is 9.85. The first-order valence-electron chi connectivity index (χ1n) is 22.5. The van der Waals surface area contributed by atoms with E-state index in [9.17, 15) is 39.8 Å².